The van der Waals surface area contributed by atoms with Crippen LogP contribution in [-0.2, 0) is 4.74 Å². The molecule has 0 atom stereocenters. The van der Waals surface area contributed by atoms with Crippen molar-refractivity contribution >= 4 is 21.9 Å². The summed E-state index contributed by atoms with van der Waals surface area (Å²) in [5.74, 6) is -0.382. The van der Waals surface area contributed by atoms with Crippen LogP contribution in [0.4, 0.5) is 0 Å². The van der Waals surface area contributed by atoms with Crippen molar-refractivity contribution in [2.24, 2.45) is 0 Å². The van der Waals surface area contributed by atoms with E-state index in [4.69, 9.17) is 4.74 Å². The second-order valence-electron chi connectivity index (χ2n) is 2.53. The third-order valence-electron chi connectivity index (χ3n) is 1.40. The van der Waals surface area contributed by atoms with E-state index in [1.807, 2.05) is 13.0 Å². The van der Waals surface area contributed by atoms with E-state index in [1.165, 1.54) is 0 Å². The molecule has 0 amide bonds. The van der Waals surface area contributed by atoms with Crippen molar-refractivity contribution in [3.05, 3.63) is 28.0 Å². The van der Waals surface area contributed by atoms with Gasteiger partial charge in [-0.3, -0.25) is 0 Å². The zero-order valence-electron chi connectivity index (χ0n) is 7.50. The van der Waals surface area contributed by atoms with Crippen LogP contribution >= 0.6 is 15.9 Å². The number of carbonyl (C=O) groups is 1. The molecule has 0 fully saturated rings. The Hall–Kier alpha value is -0.900. The molecule has 0 aromatic carbocycles. The molecule has 13 heavy (non-hydrogen) atoms. The molecule has 1 rings (SSSR count). The maximum Gasteiger partial charge on any atom is 0.356 e. The fourth-order valence-corrected chi connectivity index (χ4v) is 1.48. The number of nitrogens with zero attached hydrogens (tertiary/aromatic N) is 1. The van der Waals surface area contributed by atoms with Gasteiger partial charge in [-0.15, -0.1) is 0 Å². The van der Waals surface area contributed by atoms with Crippen molar-refractivity contribution in [2.75, 3.05) is 6.61 Å². The molecule has 1 aromatic heterocycles. The maximum absolute atomic E-state index is 11.2. The number of ether oxygens (including phenoxy) is 1. The predicted octanol–water partition coefficient (Wildman–Crippen LogP) is 2.33. The van der Waals surface area contributed by atoms with Gasteiger partial charge < -0.3 is 4.74 Å². The molecular formula is C9H10BrNO2. The fourth-order valence-electron chi connectivity index (χ4n) is 0.936. The van der Waals surface area contributed by atoms with Gasteiger partial charge in [0.1, 0.15) is 5.69 Å². The number of esters is 1. The van der Waals surface area contributed by atoms with Crippen molar-refractivity contribution in [1.29, 1.82) is 0 Å². The molecule has 1 aromatic rings. The summed E-state index contributed by atoms with van der Waals surface area (Å²) in [6.07, 6.45) is 0. The van der Waals surface area contributed by atoms with Crippen LogP contribution in [0.5, 0.6) is 0 Å². The van der Waals surface area contributed by atoms with Gasteiger partial charge in [0.05, 0.1) is 6.61 Å². The fraction of sp³-hybridized carbons (Fsp3) is 0.333. The Balaban J connectivity index is 2.94. The van der Waals surface area contributed by atoms with Gasteiger partial charge in [0, 0.05) is 10.2 Å². The molecule has 0 N–H and O–H groups in total. The van der Waals surface area contributed by atoms with E-state index in [0.717, 1.165) is 10.2 Å². The quantitative estimate of drug-likeness (QED) is 0.749. The molecule has 0 aliphatic heterocycles. The van der Waals surface area contributed by atoms with Crippen LogP contribution in [0, 0.1) is 6.92 Å². The smallest absolute Gasteiger partial charge is 0.356 e. The lowest BCUT2D eigenvalue weighted by molar-refractivity contribution is 0.0519. The Bertz CT molecular complexity index is 305. The summed E-state index contributed by atoms with van der Waals surface area (Å²) < 4.78 is 5.65. The minimum Gasteiger partial charge on any atom is -0.461 e. The zero-order valence-corrected chi connectivity index (χ0v) is 9.09. The SMILES string of the molecule is CCOC(=O)c1cc(Br)cc(C)n1. The van der Waals surface area contributed by atoms with Crippen LogP contribution in [0.2, 0.25) is 0 Å². The largest absolute Gasteiger partial charge is 0.461 e. The van der Waals surface area contributed by atoms with Gasteiger partial charge in [-0.2, -0.15) is 0 Å². The molecule has 0 radical (unpaired) electrons. The van der Waals surface area contributed by atoms with E-state index >= 15 is 0 Å². The van der Waals surface area contributed by atoms with Gasteiger partial charge in [0.15, 0.2) is 0 Å². The monoisotopic (exact) mass is 243 g/mol. The van der Waals surface area contributed by atoms with Gasteiger partial charge in [-0.25, -0.2) is 9.78 Å². The van der Waals surface area contributed by atoms with E-state index in [1.54, 1.807) is 13.0 Å². The third kappa shape index (κ3) is 2.81. The van der Waals surface area contributed by atoms with Crippen LogP contribution in [0.3, 0.4) is 0 Å². The molecule has 70 valence electrons. The number of rotatable bonds is 2. The van der Waals surface area contributed by atoms with E-state index in [0.29, 0.717) is 12.3 Å². The minimum atomic E-state index is -0.382. The molecule has 4 heteroatoms. The number of hydrogen-bond donors (Lipinski definition) is 0. The molecule has 0 bridgehead atoms. The number of halogens is 1. The average Bonchev–Trinajstić information content (AvgIpc) is 2.03. The number of aryl methyl sites for hydroxylation is 1. The highest BCUT2D eigenvalue weighted by Crippen LogP contribution is 2.12. The Morgan fingerprint density at radius 2 is 2.31 bits per heavy atom. The summed E-state index contributed by atoms with van der Waals surface area (Å²) >= 11 is 3.28. The van der Waals surface area contributed by atoms with Crippen LogP contribution in [-0.4, -0.2) is 17.6 Å². The molecule has 3 nitrogen and oxygen atoms in total. The number of aromatic nitrogens is 1. The summed E-state index contributed by atoms with van der Waals surface area (Å²) in [4.78, 5) is 15.3. The Morgan fingerprint density at radius 1 is 1.62 bits per heavy atom. The lowest BCUT2D eigenvalue weighted by Gasteiger charge is -2.02. The summed E-state index contributed by atoms with van der Waals surface area (Å²) in [7, 11) is 0. The Labute approximate surface area is 85.3 Å². The first kappa shape index (κ1) is 10.2. The highest BCUT2D eigenvalue weighted by Gasteiger charge is 2.08. The van der Waals surface area contributed by atoms with Crippen LogP contribution in [0.1, 0.15) is 23.1 Å². The normalized spacial score (nSPS) is 9.77. The number of pyridine rings is 1. The lowest BCUT2D eigenvalue weighted by Crippen LogP contribution is -2.07. The predicted molar refractivity (Wildman–Crippen MR) is 52.6 cm³/mol. The summed E-state index contributed by atoms with van der Waals surface area (Å²) in [5, 5.41) is 0. The van der Waals surface area contributed by atoms with Crippen molar-refractivity contribution in [3.63, 3.8) is 0 Å². The van der Waals surface area contributed by atoms with E-state index in [9.17, 15) is 4.79 Å². The second-order valence-corrected chi connectivity index (χ2v) is 3.45. The zero-order chi connectivity index (χ0) is 9.84. The summed E-state index contributed by atoms with van der Waals surface area (Å²) in [5.41, 5.74) is 1.13. The molecular weight excluding hydrogens is 234 g/mol. The summed E-state index contributed by atoms with van der Waals surface area (Å²) in [6, 6.07) is 3.48. The van der Waals surface area contributed by atoms with Crippen LogP contribution in [0.15, 0.2) is 16.6 Å². The van der Waals surface area contributed by atoms with Crippen LogP contribution < -0.4 is 0 Å². The highest BCUT2D eigenvalue weighted by atomic mass is 79.9. The molecule has 0 unspecified atom stereocenters. The Kier molecular flexibility index (Phi) is 3.42. The average molecular weight is 244 g/mol. The second kappa shape index (κ2) is 4.37. The van der Waals surface area contributed by atoms with E-state index in [-0.39, 0.29) is 5.97 Å². The van der Waals surface area contributed by atoms with E-state index < -0.39 is 0 Å². The van der Waals surface area contributed by atoms with Gasteiger partial charge in [0.2, 0.25) is 0 Å². The summed E-state index contributed by atoms with van der Waals surface area (Å²) in [6.45, 7) is 3.96. The molecule has 1 heterocycles. The third-order valence-corrected chi connectivity index (χ3v) is 1.86. The maximum atomic E-state index is 11.2. The van der Waals surface area contributed by atoms with Crippen molar-refractivity contribution in [3.8, 4) is 0 Å². The van der Waals surface area contributed by atoms with Gasteiger partial charge in [-0.1, -0.05) is 15.9 Å². The molecule has 0 saturated carbocycles. The van der Waals surface area contributed by atoms with E-state index in [2.05, 4.69) is 20.9 Å². The topological polar surface area (TPSA) is 39.2 Å². The van der Waals surface area contributed by atoms with Crippen molar-refractivity contribution < 1.29 is 9.53 Å². The minimum absolute atomic E-state index is 0.341. The van der Waals surface area contributed by atoms with Gasteiger partial charge in [0.25, 0.3) is 0 Å². The standard InChI is InChI=1S/C9H10BrNO2/c1-3-13-9(12)8-5-7(10)4-6(2)11-8/h4-5H,3H2,1-2H3. The van der Waals surface area contributed by atoms with Gasteiger partial charge >= 0.3 is 5.97 Å². The highest BCUT2D eigenvalue weighted by molar-refractivity contribution is 9.10. The first-order valence-electron chi connectivity index (χ1n) is 3.94. The van der Waals surface area contributed by atoms with Crippen molar-refractivity contribution in [1.82, 2.24) is 4.98 Å². The van der Waals surface area contributed by atoms with Crippen LogP contribution in [0.25, 0.3) is 0 Å². The molecule has 0 spiro atoms. The molecule has 0 saturated heterocycles. The van der Waals surface area contributed by atoms with Gasteiger partial charge in [-0.05, 0) is 26.0 Å². The molecule has 0 aliphatic rings. The number of hydrogen-bond acceptors (Lipinski definition) is 3. The first-order valence-corrected chi connectivity index (χ1v) is 4.74. The first-order chi connectivity index (χ1) is 6.13. The Morgan fingerprint density at radius 3 is 2.85 bits per heavy atom. The number of carbonyl (C=O) groups excluding carboxylic acids is 1. The van der Waals surface area contributed by atoms with Crippen molar-refractivity contribution in [2.45, 2.75) is 13.8 Å². The molecule has 0 aliphatic carbocycles. The lowest BCUT2D eigenvalue weighted by atomic mass is 10.3.